The van der Waals surface area contributed by atoms with E-state index in [1.165, 1.54) is 29.8 Å². The van der Waals surface area contributed by atoms with Crippen LogP contribution in [0.15, 0.2) is 47.4 Å². The van der Waals surface area contributed by atoms with E-state index in [4.69, 9.17) is 4.74 Å². The lowest BCUT2D eigenvalue weighted by molar-refractivity contribution is -0.129. The van der Waals surface area contributed by atoms with Gasteiger partial charge >= 0.3 is 5.97 Å². The van der Waals surface area contributed by atoms with Gasteiger partial charge in [0.1, 0.15) is 4.88 Å². The lowest BCUT2D eigenvalue weighted by atomic mass is 9.97. The van der Waals surface area contributed by atoms with Crippen LogP contribution >= 0.6 is 11.3 Å². The van der Waals surface area contributed by atoms with Crippen molar-refractivity contribution in [2.45, 2.75) is 52.1 Å². The Kier molecular flexibility index (Phi) is 7.04. The molecule has 1 heterocycles. The number of hydrogen-bond acceptors (Lipinski definition) is 4. The van der Waals surface area contributed by atoms with E-state index >= 15 is 0 Å². The quantitative estimate of drug-likeness (QED) is 0.511. The molecule has 0 aliphatic heterocycles. The van der Waals surface area contributed by atoms with Crippen LogP contribution in [-0.4, -0.2) is 24.5 Å². The minimum absolute atomic E-state index is 0.252. The fourth-order valence-electron chi connectivity index (χ4n) is 3.32. The molecule has 1 aromatic heterocycles. The van der Waals surface area contributed by atoms with Crippen molar-refractivity contribution in [2.24, 2.45) is 0 Å². The number of nitrogens with one attached hydrogen (secondary N) is 1. The number of rotatable bonds is 7. The van der Waals surface area contributed by atoms with Crippen molar-refractivity contribution in [2.75, 3.05) is 6.54 Å². The van der Waals surface area contributed by atoms with Gasteiger partial charge in [0, 0.05) is 12.1 Å². The van der Waals surface area contributed by atoms with E-state index in [2.05, 4.69) is 11.4 Å². The molecule has 0 radical (unpaired) electrons. The summed E-state index contributed by atoms with van der Waals surface area (Å²) in [6, 6.07) is 9.92. The van der Waals surface area contributed by atoms with Crippen LogP contribution in [0.2, 0.25) is 0 Å². The van der Waals surface area contributed by atoms with Crippen LogP contribution in [0.4, 0.5) is 0 Å². The minimum Gasteiger partial charge on any atom is -0.448 e. The lowest BCUT2D eigenvalue weighted by Gasteiger charge is -2.15. The predicted octanol–water partition coefficient (Wildman–Crippen LogP) is 5.28. The molecule has 1 aliphatic carbocycles. The highest BCUT2D eigenvalue weighted by Crippen LogP contribution is 2.29. The van der Waals surface area contributed by atoms with Gasteiger partial charge < -0.3 is 10.1 Å². The fourth-order valence-corrected chi connectivity index (χ4v) is 4.11. The summed E-state index contributed by atoms with van der Waals surface area (Å²) in [4.78, 5) is 25.4. The number of thiophene rings is 1. The van der Waals surface area contributed by atoms with E-state index in [-0.39, 0.29) is 5.91 Å². The van der Waals surface area contributed by atoms with E-state index < -0.39 is 12.1 Å². The van der Waals surface area contributed by atoms with Crippen molar-refractivity contribution in [3.8, 4) is 11.1 Å². The zero-order valence-corrected chi connectivity index (χ0v) is 17.3. The lowest BCUT2D eigenvalue weighted by Crippen LogP contribution is -2.36. The molecule has 4 nitrogen and oxygen atoms in total. The maximum absolute atomic E-state index is 12.6. The van der Waals surface area contributed by atoms with Crippen molar-refractivity contribution in [1.82, 2.24) is 5.32 Å². The van der Waals surface area contributed by atoms with Crippen molar-refractivity contribution < 1.29 is 14.3 Å². The van der Waals surface area contributed by atoms with Crippen LogP contribution in [0.1, 0.15) is 54.3 Å². The maximum atomic E-state index is 12.6. The number of hydrogen-bond donors (Lipinski definition) is 1. The molecule has 3 rings (SSSR count). The zero-order valence-electron chi connectivity index (χ0n) is 16.5. The number of esters is 1. The van der Waals surface area contributed by atoms with E-state index in [1.54, 1.807) is 6.92 Å². The summed E-state index contributed by atoms with van der Waals surface area (Å²) in [5, 5.41) is 4.75. The summed E-state index contributed by atoms with van der Waals surface area (Å²) in [6.07, 6.45) is 7.09. The van der Waals surface area contributed by atoms with Crippen molar-refractivity contribution in [3.63, 3.8) is 0 Å². The Morgan fingerprint density at radius 2 is 1.96 bits per heavy atom. The number of carbonyl (C=O) groups excluding carboxylic acids is 2. The maximum Gasteiger partial charge on any atom is 0.349 e. The molecule has 5 heteroatoms. The fraction of sp³-hybridized carbons (Fsp3) is 0.391. The van der Waals surface area contributed by atoms with Gasteiger partial charge in [-0.2, -0.15) is 0 Å². The third kappa shape index (κ3) is 5.32. The monoisotopic (exact) mass is 397 g/mol. The van der Waals surface area contributed by atoms with Crippen molar-refractivity contribution in [3.05, 3.63) is 57.8 Å². The molecule has 1 N–H and O–H groups in total. The minimum atomic E-state index is -0.819. The van der Waals surface area contributed by atoms with Crippen LogP contribution in [0, 0.1) is 6.92 Å². The van der Waals surface area contributed by atoms with E-state index in [9.17, 15) is 9.59 Å². The van der Waals surface area contributed by atoms with Gasteiger partial charge in [-0.1, -0.05) is 41.5 Å². The summed E-state index contributed by atoms with van der Waals surface area (Å²) >= 11 is 1.33. The number of carbonyl (C=O) groups is 2. The number of amides is 1. The van der Waals surface area contributed by atoms with Crippen LogP contribution in [0.25, 0.3) is 11.1 Å². The number of allylic oxidation sites excluding steroid dienone is 1. The third-order valence-corrected chi connectivity index (χ3v) is 5.89. The van der Waals surface area contributed by atoms with Gasteiger partial charge in [-0.15, -0.1) is 11.3 Å². The third-order valence-electron chi connectivity index (χ3n) is 5.00. The summed E-state index contributed by atoms with van der Waals surface area (Å²) in [6.45, 7) is 4.23. The van der Waals surface area contributed by atoms with Gasteiger partial charge in [-0.05, 0) is 63.0 Å². The Hall–Kier alpha value is -2.40. The molecule has 0 unspecified atom stereocenters. The van der Waals surface area contributed by atoms with Gasteiger partial charge in [0.2, 0.25) is 0 Å². The molecule has 0 saturated heterocycles. The first kappa shape index (κ1) is 20.3. The second-order valence-electron chi connectivity index (χ2n) is 7.23. The summed E-state index contributed by atoms with van der Waals surface area (Å²) in [5.41, 5.74) is 4.39. The van der Waals surface area contributed by atoms with E-state index in [0.29, 0.717) is 11.4 Å². The summed E-state index contributed by atoms with van der Waals surface area (Å²) in [7, 11) is 0. The molecule has 1 aliphatic rings. The average molecular weight is 398 g/mol. The standard InChI is InChI=1S/C23H27NO3S/c1-16-8-10-19(11-9-16)20-13-15-28-21(20)23(26)27-17(2)22(25)24-14-12-18-6-4-3-5-7-18/h6,8-11,13,15,17H,3-5,7,12,14H2,1-2H3,(H,24,25)/t17-/m1/s1. The Labute approximate surface area is 170 Å². The molecule has 0 saturated carbocycles. The normalized spacial score (nSPS) is 14.9. The smallest absolute Gasteiger partial charge is 0.349 e. The Morgan fingerprint density at radius 1 is 1.18 bits per heavy atom. The molecule has 28 heavy (non-hydrogen) atoms. The van der Waals surface area contributed by atoms with Gasteiger partial charge in [-0.3, -0.25) is 4.79 Å². The van der Waals surface area contributed by atoms with Gasteiger partial charge in [-0.25, -0.2) is 4.79 Å². The largest absolute Gasteiger partial charge is 0.448 e. The number of aryl methyl sites for hydroxylation is 1. The van der Waals surface area contributed by atoms with Gasteiger partial charge in [0.25, 0.3) is 5.91 Å². The SMILES string of the molecule is Cc1ccc(-c2ccsc2C(=O)O[C@H](C)C(=O)NCCC2=CCCCC2)cc1. The highest BCUT2D eigenvalue weighted by atomic mass is 32.1. The Balaban J connectivity index is 1.54. The summed E-state index contributed by atoms with van der Waals surface area (Å²) in [5.74, 6) is -0.707. The van der Waals surface area contributed by atoms with Crippen LogP contribution < -0.4 is 5.32 Å². The van der Waals surface area contributed by atoms with Crippen LogP contribution in [0.5, 0.6) is 0 Å². The molecule has 0 spiro atoms. The predicted molar refractivity (Wildman–Crippen MR) is 114 cm³/mol. The first-order valence-corrected chi connectivity index (χ1v) is 10.7. The average Bonchev–Trinajstić information content (AvgIpc) is 3.19. The first-order valence-electron chi connectivity index (χ1n) is 9.85. The van der Waals surface area contributed by atoms with Gasteiger partial charge in [0.15, 0.2) is 6.10 Å². The highest BCUT2D eigenvalue weighted by Gasteiger charge is 2.22. The molecule has 148 valence electrons. The first-order chi connectivity index (χ1) is 13.5. The molecule has 0 bridgehead atoms. The second-order valence-corrected chi connectivity index (χ2v) is 8.14. The topological polar surface area (TPSA) is 55.4 Å². The van der Waals surface area contributed by atoms with Crippen LogP contribution in [0.3, 0.4) is 0 Å². The van der Waals surface area contributed by atoms with Crippen LogP contribution in [-0.2, 0) is 9.53 Å². The number of benzene rings is 1. The Morgan fingerprint density at radius 3 is 2.68 bits per heavy atom. The molecular formula is C23H27NO3S. The summed E-state index contributed by atoms with van der Waals surface area (Å²) < 4.78 is 5.43. The van der Waals surface area contributed by atoms with E-state index in [0.717, 1.165) is 36.0 Å². The molecular weight excluding hydrogens is 370 g/mol. The molecule has 1 aromatic carbocycles. The molecule has 1 amide bonds. The Bertz CT molecular complexity index is 851. The van der Waals surface area contributed by atoms with Crippen molar-refractivity contribution >= 4 is 23.2 Å². The van der Waals surface area contributed by atoms with Gasteiger partial charge in [0.05, 0.1) is 0 Å². The second kappa shape index (κ2) is 9.69. The zero-order chi connectivity index (χ0) is 19.9. The molecule has 0 fully saturated rings. The van der Waals surface area contributed by atoms with Crippen molar-refractivity contribution in [1.29, 1.82) is 0 Å². The van der Waals surface area contributed by atoms with E-state index in [1.807, 2.05) is 42.6 Å². The molecule has 1 atom stereocenters. The molecule has 2 aromatic rings. The number of ether oxygens (including phenoxy) is 1. The highest BCUT2D eigenvalue weighted by molar-refractivity contribution is 7.12.